The molecule has 1 fully saturated rings. The number of carbonyl (C=O) groups is 1. The normalized spacial score (nSPS) is 16.9. The minimum absolute atomic E-state index is 0.231. The summed E-state index contributed by atoms with van der Waals surface area (Å²) in [6.07, 6.45) is 2.85. The summed E-state index contributed by atoms with van der Waals surface area (Å²) in [6.45, 7) is 5.78. The third kappa shape index (κ3) is 2.33. The largest absolute Gasteiger partial charge is 0.343 e. The van der Waals surface area contributed by atoms with Crippen LogP contribution in [0.5, 0.6) is 0 Å². The van der Waals surface area contributed by atoms with E-state index in [4.69, 9.17) is 0 Å². The van der Waals surface area contributed by atoms with Crippen LogP contribution in [0.3, 0.4) is 0 Å². The van der Waals surface area contributed by atoms with Gasteiger partial charge in [-0.15, -0.1) is 0 Å². The molecule has 0 aromatic heterocycles. The maximum absolute atomic E-state index is 11.2. The summed E-state index contributed by atoms with van der Waals surface area (Å²) in [5.41, 5.74) is 0. The van der Waals surface area contributed by atoms with Crippen LogP contribution in [0, 0.1) is 0 Å². The average molecular weight is 154 g/mol. The second-order valence-corrected chi connectivity index (χ2v) is 2.79. The van der Waals surface area contributed by atoms with Gasteiger partial charge in [0.05, 0.1) is 0 Å². The highest BCUT2D eigenvalue weighted by atomic mass is 16.2. The lowest BCUT2D eigenvalue weighted by molar-refractivity contribution is -0.129. The standard InChI is InChI=1S/C8H14N2O/c1-9-5-4-8(11)10-6-2-3-7-10/h1-7H2. The highest BCUT2D eigenvalue weighted by Gasteiger charge is 2.16. The molecule has 3 heteroatoms. The maximum atomic E-state index is 11.2. The van der Waals surface area contributed by atoms with Crippen molar-refractivity contribution in [1.29, 1.82) is 0 Å². The molecule has 0 aromatic carbocycles. The summed E-state index contributed by atoms with van der Waals surface area (Å²) in [5, 5.41) is 0. The molecule has 0 radical (unpaired) electrons. The van der Waals surface area contributed by atoms with Crippen molar-refractivity contribution in [3.63, 3.8) is 0 Å². The van der Waals surface area contributed by atoms with E-state index in [1.807, 2.05) is 4.90 Å². The molecule has 1 rings (SSSR count). The van der Waals surface area contributed by atoms with E-state index in [1.54, 1.807) is 0 Å². The monoisotopic (exact) mass is 154 g/mol. The van der Waals surface area contributed by atoms with Crippen molar-refractivity contribution in [3.8, 4) is 0 Å². The van der Waals surface area contributed by atoms with Crippen LogP contribution in [0.1, 0.15) is 19.3 Å². The topological polar surface area (TPSA) is 32.7 Å². The molecule has 1 saturated heterocycles. The SMILES string of the molecule is C=NCCC(=O)N1CCCC1. The average Bonchev–Trinajstić information content (AvgIpc) is 2.52. The number of hydrogen-bond acceptors (Lipinski definition) is 2. The quantitative estimate of drug-likeness (QED) is 0.551. The van der Waals surface area contributed by atoms with Crippen LogP contribution >= 0.6 is 0 Å². The third-order valence-corrected chi connectivity index (χ3v) is 1.94. The molecule has 1 aliphatic rings. The van der Waals surface area contributed by atoms with Gasteiger partial charge in [-0.25, -0.2) is 0 Å². The van der Waals surface area contributed by atoms with Gasteiger partial charge in [-0.1, -0.05) is 0 Å². The lowest BCUT2D eigenvalue weighted by Crippen LogP contribution is -2.27. The second kappa shape index (κ2) is 4.11. The van der Waals surface area contributed by atoms with Gasteiger partial charge < -0.3 is 9.89 Å². The highest BCUT2D eigenvalue weighted by molar-refractivity contribution is 5.76. The number of rotatable bonds is 3. The highest BCUT2D eigenvalue weighted by Crippen LogP contribution is 2.08. The number of aliphatic imine (C=N–C) groups is 1. The minimum Gasteiger partial charge on any atom is -0.343 e. The van der Waals surface area contributed by atoms with Gasteiger partial charge >= 0.3 is 0 Å². The first kappa shape index (κ1) is 8.24. The molecule has 0 atom stereocenters. The molecule has 0 bridgehead atoms. The van der Waals surface area contributed by atoms with Crippen LogP contribution in [0.2, 0.25) is 0 Å². The molecule has 1 amide bonds. The lowest BCUT2D eigenvalue weighted by atomic mass is 10.4. The van der Waals surface area contributed by atoms with Gasteiger partial charge in [-0.2, -0.15) is 0 Å². The smallest absolute Gasteiger partial charge is 0.224 e. The van der Waals surface area contributed by atoms with E-state index in [9.17, 15) is 4.79 Å². The summed E-state index contributed by atoms with van der Waals surface area (Å²) < 4.78 is 0. The van der Waals surface area contributed by atoms with Crippen LogP contribution in [0.25, 0.3) is 0 Å². The summed E-state index contributed by atoms with van der Waals surface area (Å²) in [6, 6.07) is 0. The van der Waals surface area contributed by atoms with Crippen molar-refractivity contribution in [2.24, 2.45) is 4.99 Å². The molecule has 0 spiro atoms. The molecule has 0 N–H and O–H groups in total. The van der Waals surface area contributed by atoms with E-state index < -0.39 is 0 Å². The lowest BCUT2D eigenvalue weighted by Gasteiger charge is -2.13. The Morgan fingerprint density at radius 2 is 2.09 bits per heavy atom. The van der Waals surface area contributed by atoms with Crippen LogP contribution in [0.15, 0.2) is 4.99 Å². The Morgan fingerprint density at radius 1 is 1.45 bits per heavy atom. The molecule has 11 heavy (non-hydrogen) atoms. The summed E-state index contributed by atoms with van der Waals surface area (Å²) in [4.78, 5) is 16.8. The molecular formula is C8H14N2O. The zero-order valence-electron chi connectivity index (χ0n) is 6.75. The van der Waals surface area contributed by atoms with E-state index in [0.717, 1.165) is 25.9 Å². The molecule has 3 nitrogen and oxygen atoms in total. The van der Waals surface area contributed by atoms with Crippen LogP contribution < -0.4 is 0 Å². The van der Waals surface area contributed by atoms with Gasteiger partial charge in [0.15, 0.2) is 0 Å². The zero-order chi connectivity index (χ0) is 8.10. The molecule has 0 unspecified atom stereocenters. The second-order valence-electron chi connectivity index (χ2n) is 2.79. The van der Waals surface area contributed by atoms with E-state index in [0.29, 0.717) is 13.0 Å². The molecule has 1 aliphatic heterocycles. The van der Waals surface area contributed by atoms with Crippen LogP contribution in [-0.2, 0) is 4.79 Å². The van der Waals surface area contributed by atoms with Gasteiger partial charge in [0.2, 0.25) is 5.91 Å². The van der Waals surface area contributed by atoms with Gasteiger partial charge in [0, 0.05) is 26.1 Å². The molecule has 0 aliphatic carbocycles. The number of hydrogen-bond donors (Lipinski definition) is 0. The third-order valence-electron chi connectivity index (χ3n) is 1.94. The van der Waals surface area contributed by atoms with Gasteiger partial charge in [0.1, 0.15) is 0 Å². The fourth-order valence-corrected chi connectivity index (χ4v) is 1.30. The van der Waals surface area contributed by atoms with Crippen molar-refractivity contribution in [1.82, 2.24) is 4.90 Å². The van der Waals surface area contributed by atoms with Crippen molar-refractivity contribution in [3.05, 3.63) is 0 Å². The Labute approximate surface area is 67.1 Å². The molecule has 0 aromatic rings. The van der Waals surface area contributed by atoms with Crippen molar-refractivity contribution < 1.29 is 4.79 Å². The number of likely N-dealkylation sites (tertiary alicyclic amines) is 1. The number of carbonyl (C=O) groups excluding carboxylic acids is 1. The van der Waals surface area contributed by atoms with Crippen molar-refractivity contribution in [2.75, 3.05) is 19.6 Å². The van der Waals surface area contributed by atoms with Crippen LogP contribution in [0.4, 0.5) is 0 Å². The van der Waals surface area contributed by atoms with Gasteiger partial charge in [0.25, 0.3) is 0 Å². The van der Waals surface area contributed by atoms with Crippen molar-refractivity contribution >= 4 is 12.6 Å². The first-order chi connectivity index (χ1) is 5.34. The first-order valence-electron chi connectivity index (χ1n) is 4.05. The molecule has 62 valence electrons. The minimum atomic E-state index is 0.231. The fraction of sp³-hybridized carbons (Fsp3) is 0.750. The first-order valence-corrected chi connectivity index (χ1v) is 4.05. The Balaban J connectivity index is 2.22. The Morgan fingerprint density at radius 3 is 2.64 bits per heavy atom. The van der Waals surface area contributed by atoms with E-state index in [1.165, 1.54) is 0 Å². The Kier molecular flexibility index (Phi) is 3.08. The number of nitrogens with zero attached hydrogens (tertiary/aromatic N) is 2. The Bertz CT molecular complexity index is 150. The summed E-state index contributed by atoms with van der Waals surface area (Å²) in [7, 11) is 0. The number of amides is 1. The van der Waals surface area contributed by atoms with Crippen LogP contribution in [-0.4, -0.2) is 37.2 Å². The van der Waals surface area contributed by atoms with E-state index in [-0.39, 0.29) is 5.91 Å². The Hall–Kier alpha value is -0.860. The van der Waals surface area contributed by atoms with Gasteiger partial charge in [-0.3, -0.25) is 4.79 Å². The fourth-order valence-electron chi connectivity index (χ4n) is 1.30. The van der Waals surface area contributed by atoms with E-state index >= 15 is 0 Å². The predicted molar refractivity (Wildman–Crippen MR) is 44.8 cm³/mol. The van der Waals surface area contributed by atoms with Crippen molar-refractivity contribution in [2.45, 2.75) is 19.3 Å². The maximum Gasteiger partial charge on any atom is 0.224 e. The molecule has 0 saturated carbocycles. The predicted octanol–water partition coefficient (Wildman–Crippen LogP) is 0.700. The van der Waals surface area contributed by atoms with Gasteiger partial charge in [-0.05, 0) is 19.6 Å². The molecular weight excluding hydrogens is 140 g/mol. The zero-order valence-corrected chi connectivity index (χ0v) is 6.75. The summed E-state index contributed by atoms with van der Waals surface area (Å²) >= 11 is 0. The summed E-state index contributed by atoms with van der Waals surface area (Å²) in [5.74, 6) is 0.231. The molecule has 1 heterocycles. The van der Waals surface area contributed by atoms with E-state index in [2.05, 4.69) is 11.7 Å².